The number of ether oxygens (including phenoxy) is 2. The maximum absolute atomic E-state index is 13.2. The van der Waals surface area contributed by atoms with Gasteiger partial charge in [-0.15, -0.1) is 0 Å². The molecule has 0 spiro atoms. The number of methoxy groups -OCH3 is 1. The monoisotopic (exact) mass is 406 g/mol. The summed E-state index contributed by atoms with van der Waals surface area (Å²) in [6, 6.07) is 7.81. The zero-order chi connectivity index (χ0) is 21.4. The molecule has 2 N–H and O–H groups in total. The Morgan fingerprint density at radius 2 is 1.72 bits per heavy atom. The Morgan fingerprint density at radius 1 is 1.03 bits per heavy atom. The molecular formula is C21H24F2N2O4. The third-order valence-corrected chi connectivity index (χ3v) is 3.86. The second kappa shape index (κ2) is 10.4. The van der Waals surface area contributed by atoms with Crippen LogP contribution in [0.2, 0.25) is 0 Å². The maximum Gasteiger partial charge on any atom is 0.258 e. The molecule has 0 aliphatic heterocycles. The van der Waals surface area contributed by atoms with Gasteiger partial charge in [0.2, 0.25) is 0 Å². The van der Waals surface area contributed by atoms with Crippen molar-refractivity contribution in [3.8, 4) is 11.5 Å². The molecule has 6 nitrogen and oxygen atoms in total. The van der Waals surface area contributed by atoms with Crippen molar-refractivity contribution in [1.82, 2.24) is 10.6 Å². The Morgan fingerprint density at radius 3 is 2.34 bits per heavy atom. The Bertz CT molecular complexity index is 852. The number of amides is 2. The van der Waals surface area contributed by atoms with Crippen molar-refractivity contribution in [2.24, 2.45) is 0 Å². The van der Waals surface area contributed by atoms with Crippen molar-refractivity contribution in [1.29, 1.82) is 0 Å². The van der Waals surface area contributed by atoms with Crippen LogP contribution in [0.5, 0.6) is 11.5 Å². The summed E-state index contributed by atoms with van der Waals surface area (Å²) < 4.78 is 37.1. The first-order valence-electron chi connectivity index (χ1n) is 9.12. The Labute approximate surface area is 168 Å². The largest absolute Gasteiger partial charge is 0.493 e. The first-order chi connectivity index (χ1) is 13.8. The number of hydrogen-bond donors (Lipinski definition) is 2. The Balaban J connectivity index is 1.93. The first-order valence-corrected chi connectivity index (χ1v) is 9.12. The van der Waals surface area contributed by atoms with Crippen LogP contribution in [0.15, 0.2) is 36.4 Å². The van der Waals surface area contributed by atoms with Crippen molar-refractivity contribution in [3.63, 3.8) is 0 Å². The molecular weight excluding hydrogens is 382 g/mol. The van der Waals surface area contributed by atoms with Gasteiger partial charge in [0.25, 0.3) is 11.8 Å². The molecule has 0 aromatic heterocycles. The van der Waals surface area contributed by atoms with Crippen molar-refractivity contribution >= 4 is 11.8 Å². The normalized spacial score (nSPS) is 10.6. The lowest BCUT2D eigenvalue weighted by molar-refractivity contribution is -0.123. The van der Waals surface area contributed by atoms with Gasteiger partial charge in [-0.1, -0.05) is 0 Å². The lowest BCUT2D eigenvalue weighted by atomic mass is 10.1. The molecule has 0 bridgehead atoms. The minimum Gasteiger partial charge on any atom is -0.493 e. The number of carbonyl (C=O) groups is 2. The van der Waals surface area contributed by atoms with E-state index in [1.807, 2.05) is 13.8 Å². The molecule has 0 fully saturated rings. The smallest absolute Gasteiger partial charge is 0.258 e. The zero-order valence-corrected chi connectivity index (χ0v) is 16.6. The number of nitrogens with one attached hydrogen (secondary N) is 2. The fourth-order valence-corrected chi connectivity index (χ4v) is 2.61. The molecule has 0 aliphatic rings. The van der Waals surface area contributed by atoms with Gasteiger partial charge in [-0.25, -0.2) is 8.78 Å². The summed E-state index contributed by atoms with van der Waals surface area (Å²) in [5.41, 5.74) is 0.773. The predicted octanol–water partition coefficient (Wildman–Crippen LogP) is 2.85. The predicted molar refractivity (Wildman–Crippen MR) is 104 cm³/mol. The van der Waals surface area contributed by atoms with Gasteiger partial charge in [0, 0.05) is 24.2 Å². The summed E-state index contributed by atoms with van der Waals surface area (Å²) in [4.78, 5) is 24.0. The number of carbonyl (C=O) groups excluding carboxylic acids is 2. The lowest BCUT2D eigenvalue weighted by Crippen LogP contribution is -2.34. The molecule has 2 amide bonds. The summed E-state index contributed by atoms with van der Waals surface area (Å²) in [7, 11) is 1.43. The molecule has 0 saturated heterocycles. The number of hydrogen-bond acceptors (Lipinski definition) is 4. The molecule has 156 valence electrons. The molecule has 2 rings (SSSR count). The van der Waals surface area contributed by atoms with E-state index in [4.69, 9.17) is 9.47 Å². The molecule has 0 saturated carbocycles. The van der Waals surface area contributed by atoms with Gasteiger partial charge in [0.15, 0.2) is 18.1 Å². The molecule has 2 aromatic carbocycles. The van der Waals surface area contributed by atoms with Crippen LogP contribution in [0.25, 0.3) is 0 Å². The van der Waals surface area contributed by atoms with E-state index in [9.17, 15) is 18.4 Å². The second-order valence-corrected chi connectivity index (χ2v) is 6.66. The fourth-order valence-electron chi connectivity index (χ4n) is 2.61. The summed E-state index contributed by atoms with van der Waals surface area (Å²) in [5, 5.41) is 5.39. The van der Waals surface area contributed by atoms with Crippen molar-refractivity contribution in [2.75, 3.05) is 20.3 Å². The summed E-state index contributed by atoms with van der Waals surface area (Å²) in [5.74, 6) is -1.32. The highest BCUT2D eigenvalue weighted by molar-refractivity contribution is 5.94. The van der Waals surface area contributed by atoms with Crippen molar-refractivity contribution in [2.45, 2.75) is 26.3 Å². The van der Waals surface area contributed by atoms with Gasteiger partial charge < -0.3 is 20.1 Å². The van der Waals surface area contributed by atoms with E-state index in [0.717, 1.165) is 6.07 Å². The molecule has 2 aromatic rings. The summed E-state index contributed by atoms with van der Waals surface area (Å²) in [6.07, 6.45) is 0.281. The quantitative estimate of drug-likeness (QED) is 0.672. The average Bonchev–Trinajstić information content (AvgIpc) is 2.64. The van der Waals surface area contributed by atoms with Crippen molar-refractivity contribution < 1.29 is 27.8 Å². The van der Waals surface area contributed by atoms with E-state index in [1.54, 1.807) is 6.07 Å². The van der Waals surface area contributed by atoms with E-state index in [0.29, 0.717) is 22.6 Å². The minimum absolute atomic E-state index is 0.00272. The fraction of sp³-hybridized carbons (Fsp3) is 0.333. The van der Waals surface area contributed by atoms with Crippen LogP contribution in [0.4, 0.5) is 8.78 Å². The SMILES string of the molecule is COc1cc(C(=O)NCCc2cc(F)cc(F)c2)ccc1OCC(=O)NC(C)C. The first kappa shape index (κ1) is 22.1. The lowest BCUT2D eigenvalue weighted by Gasteiger charge is -2.13. The van der Waals surface area contributed by atoms with Gasteiger partial charge in [-0.05, 0) is 56.2 Å². The topological polar surface area (TPSA) is 76.7 Å². The summed E-state index contributed by atoms with van der Waals surface area (Å²) in [6.45, 7) is 3.72. The maximum atomic E-state index is 13.2. The number of benzene rings is 2. The third-order valence-electron chi connectivity index (χ3n) is 3.86. The molecule has 0 heterocycles. The van der Waals surface area contributed by atoms with Gasteiger partial charge >= 0.3 is 0 Å². The molecule has 8 heteroatoms. The molecule has 0 unspecified atom stereocenters. The van der Waals surface area contributed by atoms with Gasteiger partial charge in [-0.3, -0.25) is 9.59 Å². The number of halogens is 2. The van der Waals surface area contributed by atoms with E-state index in [-0.39, 0.29) is 37.4 Å². The zero-order valence-electron chi connectivity index (χ0n) is 16.6. The summed E-state index contributed by atoms with van der Waals surface area (Å²) >= 11 is 0. The van der Waals surface area contributed by atoms with Crippen LogP contribution in [0.1, 0.15) is 29.8 Å². The highest BCUT2D eigenvalue weighted by Crippen LogP contribution is 2.28. The van der Waals surface area contributed by atoms with Gasteiger partial charge in [0.1, 0.15) is 11.6 Å². The van der Waals surface area contributed by atoms with Gasteiger partial charge in [-0.2, -0.15) is 0 Å². The van der Waals surface area contributed by atoms with E-state index in [1.165, 1.54) is 31.4 Å². The van der Waals surface area contributed by atoms with Crippen LogP contribution in [0, 0.1) is 11.6 Å². The Hall–Kier alpha value is -3.16. The van der Waals surface area contributed by atoms with Crippen LogP contribution in [0.3, 0.4) is 0 Å². The standard InChI is InChI=1S/C21H24F2N2O4/c1-13(2)25-20(26)12-29-18-5-4-15(10-19(18)28-3)21(27)24-7-6-14-8-16(22)11-17(23)9-14/h4-5,8-11,13H,6-7,12H2,1-3H3,(H,24,27)(H,25,26). The third kappa shape index (κ3) is 7.06. The number of rotatable bonds is 9. The van der Waals surface area contributed by atoms with Crippen LogP contribution in [-0.2, 0) is 11.2 Å². The van der Waals surface area contributed by atoms with E-state index < -0.39 is 11.6 Å². The van der Waals surface area contributed by atoms with Crippen LogP contribution < -0.4 is 20.1 Å². The second-order valence-electron chi connectivity index (χ2n) is 6.66. The van der Waals surface area contributed by atoms with Crippen LogP contribution >= 0.6 is 0 Å². The molecule has 0 atom stereocenters. The highest BCUT2D eigenvalue weighted by atomic mass is 19.1. The van der Waals surface area contributed by atoms with E-state index in [2.05, 4.69) is 10.6 Å². The molecule has 29 heavy (non-hydrogen) atoms. The van der Waals surface area contributed by atoms with Gasteiger partial charge in [0.05, 0.1) is 7.11 Å². The highest BCUT2D eigenvalue weighted by Gasteiger charge is 2.13. The van der Waals surface area contributed by atoms with Crippen LogP contribution in [-0.4, -0.2) is 38.1 Å². The molecule has 0 aliphatic carbocycles. The minimum atomic E-state index is -0.659. The average molecular weight is 406 g/mol. The van der Waals surface area contributed by atoms with Crippen molar-refractivity contribution in [3.05, 3.63) is 59.2 Å². The Kier molecular flexibility index (Phi) is 7.94. The van der Waals surface area contributed by atoms with E-state index >= 15 is 0 Å². The molecule has 0 radical (unpaired) electrons.